The number of anilines is 1. The van der Waals surface area contributed by atoms with Gasteiger partial charge in [-0.15, -0.1) is 11.3 Å². The van der Waals surface area contributed by atoms with Crippen LogP contribution >= 0.6 is 11.3 Å². The summed E-state index contributed by atoms with van der Waals surface area (Å²) < 4.78 is 4.99. The maximum atomic E-state index is 12.4. The number of fused-ring (bicyclic) bond motifs is 1. The van der Waals surface area contributed by atoms with Crippen LogP contribution in [0.25, 0.3) is 0 Å². The quantitative estimate of drug-likeness (QED) is 0.605. The van der Waals surface area contributed by atoms with Crippen LogP contribution in [0.15, 0.2) is 24.5 Å². The fourth-order valence-corrected chi connectivity index (χ4v) is 4.30. The van der Waals surface area contributed by atoms with Crippen LogP contribution in [0, 0.1) is 11.3 Å². The van der Waals surface area contributed by atoms with Crippen LogP contribution < -0.4 is 5.32 Å². The minimum absolute atomic E-state index is 0.191. The maximum Gasteiger partial charge on any atom is 0.410 e. The lowest BCUT2D eigenvalue weighted by molar-refractivity contribution is -0.116. The Morgan fingerprint density at radius 2 is 2.30 bits per heavy atom. The van der Waals surface area contributed by atoms with Gasteiger partial charge in [-0.25, -0.2) is 4.79 Å². The first-order valence-corrected chi connectivity index (χ1v) is 10.3. The molecule has 9 nitrogen and oxygen atoms in total. The van der Waals surface area contributed by atoms with E-state index in [1.54, 1.807) is 12.4 Å². The number of thiophene rings is 1. The van der Waals surface area contributed by atoms with Crippen molar-refractivity contribution in [2.45, 2.75) is 31.9 Å². The summed E-state index contributed by atoms with van der Waals surface area (Å²) in [4.78, 5) is 30.8. The zero-order valence-electron chi connectivity index (χ0n) is 16.2. The Balaban J connectivity index is 1.62. The van der Waals surface area contributed by atoms with E-state index in [-0.39, 0.29) is 25.5 Å². The van der Waals surface area contributed by atoms with Gasteiger partial charge in [0, 0.05) is 30.2 Å². The third kappa shape index (κ3) is 5.33. The van der Waals surface area contributed by atoms with Gasteiger partial charge in [-0.1, -0.05) is 6.07 Å². The number of nitrogens with zero attached hydrogens (tertiary/aromatic N) is 3. The molecule has 2 aromatic rings. The summed E-state index contributed by atoms with van der Waals surface area (Å²) >= 11 is 1.28. The van der Waals surface area contributed by atoms with Crippen molar-refractivity contribution in [3.63, 3.8) is 0 Å². The number of amides is 2. The number of hydrogen-bond acceptors (Lipinski definition) is 8. The van der Waals surface area contributed by atoms with Crippen molar-refractivity contribution >= 4 is 28.3 Å². The minimum Gasteiger partial charge on any atom is -0.447 e. The molecular formula is C20H22N4O5S. The molecule has 0 aromatic carbocycles. The number of aliphatic hydroxyl groups excluding tert-OH is 2. The molecule has 0 saturated carbocycles. The van der Waals surface area contributed by atoms with Gasteiger partial charge >= 0.3 is 6.09 Å². The number of pyridine rings is 1. The van der Waals surface area contributed by atoms with E-state index in [1.165, 1.54) is 16.2 Å². The van der Waals surface area contributed by atoms with Crippen molar-refractivity contribution in [2.24, 2.45) is 0 Å². The largest absolute Gasteiger partial charge is 0.447 e. The smallest absolute Gasteiger partial charge is 0.410 e. The SMILES string of the molecule is N#Cc1c(NC(=O)CCc2cccnc2)sc2c1CCN(C(=O)OCC(O)CO)C2. The first-order valence-electron chi connectivity index (χ1n) is 9.45. The Morgan fingerprint density at radius 1 is 1.47 bits per heavy atom. The predicted molar refractivity (Wildman–Crippen MR) is 109 cm³/mol. The number of aliphatic hydroxyl groups is 2. The Morgan fingerprint density at radius 3 is 3.00 bits per heavy atom. The van der Waals surface area contributed by atoms with Gasteiger partial charge in [0.1, 0.15) is 23.8 Å². The molecule has 2 amide bonds. The molecule has 10 heteroatoms. The number of nitriles is 1. The number of hydrogen-bond donors (Lipinski definition) is 3. The lowest BCUT2D eigenvalue weighted by Crippen LogP contribution is -2.37. The second-order valence-corrected chi connectivity index (χ2v) is 7.92. The van der Waals surface area contributed by atoms with E-state index in [0.717, 1.165) is 16.0 Å². The molecule has 0 radical (unpaired) electrons. The lowest BCUT2D eigenvalue weighted by Gasteiger charge is -2.26. The summed E-state index contributed by atoms with van der Waals surface area (Å²) in [5.41, 5.74) is 2.23. The van der Waals surface area contributed by atoms with E-state index in [1.807, 2.05) is 12.1 Å². The molecule has 0 spiro atoms. The van der Waals surface area contributed by atoms with E-state index in [0.29, 0.717) is 30.0 Å². The lowest BCUT2D eigenvalue weighted by atomic mass is 10.0. The van der Waals surface area contributed by atoms with Gasteiger partial charge < -0.3 is 25.2 Å². The maximum absolute atomic E-state index is 12.4. The van der Waals surface area contributed by atoms with E-state index >= 15 is 0 Å². The van der Waals surface area contributed by atoms with Gasteiger partial charge in [-0.3, -0.25) is 9.78 Å². The Hall–Kier alpha value is -3.00. The molecule has 1 unspecified atom stereocenters. The number of carbonyl (C=O) groups excluding carboxylic acids is 2. The van der Waals surface area contributed by atoms with Crippen molar-refractivity contribution in [1.29, 1.82) is 5.26 Å². The molecule has 0 aliphatic carbocycles. The van der Waals surface area contributed by atoms with Gasteiger partial charge in [0.25, 0.3) is 0 Å². The number of rotatable bonds is 7. The van der Waals surface area contributed by atoms with E-state index in [9.17, 15) is 20.0 Å². The van der Waals surface area contributed by atoms with Crippen LogP contribution in [0.2, 0.25) is 0 Å². The highest BCUT2D eigenvalue weighted by Crippen LogP contribution is 2.36. The molecule has 3 heterocycles. The molecule has 1 aliphatic rings. The summed E-state index contributed by atoms with van der Waals surface area (Å²) in [7, 11) is 0. The molecule has 1 atom stereocenters. The van der Waals surface area contributed by atoms with Gasteiger partial charge in [-0.05, 0) is 30.0 Å². The summed E-state index contributed by atoms with van der Waals surface area (Å²) in [6.45, 7) is -0.155. The van der Waals surface area contributed by atoms with Crippen molar-refractivity contribution < 1.29 is 24.5 Å². The fraction of sp³-hybridized carbons (Fsp3) is 0.400. The van der Waals surface area contributed by atoms with E-state index < -0.39 is 18.8 Å². The Labute approximate surface area is 177 Å². The third-order valence-corrected chi connectivity index (χ3v) is 5.79. The van der Waals surface area contributed by atoms with Gasteiger partial charge in [0.2, 0.25) is 5.91 Å². The van der Waals surface area contributed by atoms with Crippen LogP contribution in [0.5, 0.6) is 0 Å². The van der Waals surface area contributed by atoms with Crippen LogP contribution in [-0.2, 0) is 28.9 Å². The van der Waals surface area contributed by atoms with Gasteiger partial charge in [0.05, 0.1) is 18.7 Å². The number of carbonyl (C=O) groups is 2. The number of nitrogens with one attached hydrogen (secondary N) is 1. The molecule has 0 bridgehead atoms. The number of aryl methyl sites for hydroxylation is 1. The molecule has 0 saturated heterocycles. The van der Waals surface area contributed by atoms with Gasteiger partial charge in [-0.2, -0.15) is 5.26 Å². The number of aromatic nitrogens is 1. The first-order chi connectivity index (χ1) is 14.5. The summed E-state index contributed by atoms with van der Waals surface area (Å²) in [6, 6.07) is 5.88. The van der Waals surface area contributed by atoms with Crippen molar-refractivity contribution in [3.05, 3.63) is 46.1 Å². The molecule has 3 N–H and O–H groups in total. The van der Waals surface area contributed by atoms with Crippen LogP contribution in [0.1, 0.15) is 28.0 Å². The van der Waals surface area contributed by atoms with Crippen molar-refractivity contribution in [2.75, 3.05) is 25.1 Å². The number of ether oxygens (including phenoxy) is 1. The molecule has 30 heavy (non-hydrogen) atoms. The Bertz CT molecular complexity index is 941. The van der Waals surface area contributed by atoms with Crippen LogP contribution in [-0.4, -0.2) is 58.0 Å². The van der Waals surface area contributed by atoms with E-state index in [2.05, 4.69) is 16.4 Å². The molecule has 2 aromatic heterocycles. The second kappa shape index (κ2) is 10.2. The zero-order chi connectivity index (χ0) is 21.5. The highest BCUT2D eigenvalue weighted by molar-refractivity contribution is 7.16. The molecule has 158 valence electrons. The highest BCUT2D eigenvalue weighted by Gasteiger charge is 2.28. The summed E-state index contributed by atoms with van der Waals surface area (Å²) in [6.07, 6.45) is 2.96. The minimum atomic E-state index is -1.12. The van der Waals surface area contributed by atoms with Crippen LogP contribution in [0.3, 0.4) is 0 Å². The molecular weight excluding hydrogens is 408 g/mol. The van der Waals surface area contributed by atoms with Crippen molar-refractivity contribution in [3.8, 4) is 6.07 Å². The summed E-state index contributed by atoms with van der Waals surface area (Å²) in [5, 5.41) is 31.0. The highest BCUT2D eigenvalue weighted by atomic mass is 32.1. The van der Waals surface area contributed by atoms with Gasteiger partial charge in [0.15, 0.2) is 0 Å². The normalized spacial score (nSPS) is 13.8. The van der Waals surface area contributed by atoms with Crippen molar-refractivity contribution in [1.82, 2.24) is 9.88 Å². The molecule has 0 fully saturated rings. The predicted octanol–water partition coefficient (Wildman–Crippen LogP) is 1.43. The first kappa shape index (κ1) is 21.7. The monoisotopic (exact) mass is 430 g/mol. The molecule has 1 aliphatic heterocycles. The van der Waals surface area contributed by atoms with Crippen LogP contribution in [0.4, 0.5) is 9.80 Å². The Kier molecular flexibility index (Phi) is 7.35. The average molecular weight is 430 g/mol. The standard InChI is InChI=1S/C20H22N4O5S/c21-8-16-15-5-7-24(20(28)29-12-14(26)11-25)10-17(15)30-19(16)23-18(27)4-3-13-2-1-6-22-9-13/h1-2,6,9,14,25-26H,3-5,7,10-12H2,(H,23,27). The fourth-order valence-electron chi connectivity index (χ4n) is 3.07. The second-order valence-electron chi connectivity index (χ2n) is 6.81. The average Bonchev–Trinajstić information content (AvgIpc) is 3.12. The summed E-state index contributed by atoms with van der Waals surface area (Å²) in [5.74, 6) is -0.191. The third-order valence-electron chi connectivity index (χ3n) is 4.65. The zero-order valence-corrected chi connectivity index (χ0v) is 17.0. The molecule has 3 rings (SSSR count). The topological polar surface area (TPSA) is 136 Å². The van der Waals surface area contributed by atoms with E-state index in [4.69, 9.17) is 9.84 Å².